The average Bonchev–Trinajstić information content (AvgIpc) is 3.29. The fourth-order valence-electron chi connectivity index (χ4n) is 2.44. The molecule has 5 rings (SSSR count). The summed E-state index contributed by atoms with van der Waals surface area (Å²) in [5.74, 6) is 2.17. The van der Waals surface area contributed by atoms with E-state index in [0.29, 0.717) is 5.82 Å². The highest BCUT2D eigenvalue weighted by molar-refractivity contribution is 7.19. The Hall–Kier alpha value is -3.00. The van der Waals surface area contributed by atoms with Gasteiger partial charge < -0.3 is 9.47 Å². The Balaban J connectivity index is 1.63. The van der Waals surface area contributed by atoms with Crippen LogP contribution in [0.3, 0.4) is 0 Å². The SMILES string of the molecule is c1cncc(-c2nnc3sc(-c4ccc5c(c4)OCO5)nn23)c1. The Kier molecular flexibility index (Phi) is 2.59. The summed E-state index contributed by atoms with van der Waals surface area (Å²) < 4.78 is 12.5. The molecular weight excluding hydrogens is 314 g/mol. The fourth-order valence-corrected chi connectivity index (χ4v) is 3.27. The number of hydrogen-bond donors (Lipinski definition) is 0. The van der Waals surface area contributed by atoms with E-state index in [4.69, 9.17) is 9.47 Å². The highest BCUT2D eigenvalue weighted by atomic mass is 32.1. The molecule has 0 aliphatic carbocycles. The molecule has 1 aromatic carbocycles. The van der Waals surface area contributed by atoms with Crippen LogP contribution in [0.1, 0.15) is 0 Å². The van der Waals surface area contributed by atoms with Crippen molar-refractivity contribution in [1.29, 1.82) is 0 Å². The molecule has 0 spiro atoms. The number of fused-ring (bicyclic) bond motifs is 2. The van der Waals surface area contributed by atoms with Crippen molar-refractivity contribution in [3.8, 4) is 33.5 Å². The molecule has 112 valence electrons. The first-order chi connectivity index (χ1) is 11.4. The zero-order valence-corrected chi connectivity index (χ0v) is 12.5. The molecule has 23 heavy (non-hydrogen) atoms. The first kappa shape index (κ1) is 12.5. The van der Waals surface area contributed by atoms with Crippen LogP contribution < -0.4 is 9.47 Å². The van der Waals surface area contributed by atoms with Gasteiger partial charge in [-0.25, -0.2) is 0 Å². The van der Waals surface area contributed by atoms with Crippen molar-refractivity contribution in [1.82, 2.24) is 24.8 Å². The molecule has 4 heterocycles. The van der Waals surface area contributed by atoms with E-state index < -0.39 is 0 Å². The molecule has 4 aromatic rings. The number of pyridine rings is 1. The predicted molar refractivity (Wildman–Crippen MR) is 83.4 cm³/mol. The van der Waals surface area contributed by atoms with Crippen molar-refractivity contribution in [3.05, 3.63) is 42.7 Å². The van der Waals surface area contributed by atoms with Crippen molar-refractivity contribution in [2.75, 3.05) is 6.79 Å². The first-order valence-electron chi connectivity index (χ1n) is 6.91. The van der Waals surface area contributed by atoms with E-state index in [-0.39, 0.29) is 6.79 Å². The zero-order chi connectivity index (χ0) is 15.2. The van der Waals surface area contributed by atoms with Crippen molar-refractivity contribution < 1.29 is 9.47 Å². The number of nitrogens with zero attached hydrogens (tertiary/aromatic N) is 5. The van der Waals surface area contributed by atoms with E-state index in [1.807, 2.05) is 30.3 Å². The van der Waals surface area contributed by atoms with Crippen LogP contribution in [0.25, 0.3) is 26.9 Å². The van der Waals surface area contributed by atoms with Gasteiger partial charge in [0.15, 0.2) is 17.3 Å². The van der Waals surface area contributed by atoms with Crippen LogP contribution >= 0.6 is 11.3 Å². The molecular formula is C15H9N5O2S. The summed E-state index contributed by atoms with van der Waals surface area (Å²) in [6.07, 6.45) is 3.47. The second-order valence-corrected chi connectivity index (χ2v) is 5.89. The van der Waals surface area contributed by atoms with Crippen LogP contribution in [-0.2, 0) is 0 Å². The number of hydrogen-bond acceptors (Lipinski definition) is 7. The summed E-state index contributed by atoms with van der Waals surface area (Å²) in [6.45, 7) is 0.259. The summed E-state index contributed by atoms with van der Waals surface area (Å²) in [7, 11) is 0. The van der Waals surface area contributed by atoms with Crippen molar-refractivity contribution in [2.24, 2.45) is 0 Å². The van der Waals surface area contributed by atoms with Gasteiger partial charge in [0.05, 0.1) is 0 Å². The first-order valence-corrected chi connectivity index (χ1v) is 7.73. The molecule has 7 nitrogen and oxygen atoms in total. The summed E-state index contributed by atoms with van der Waals surface area (Å²) in [4.78, 5) is 4.85. The van der Waals surface area contributed by atoms with Crippen LogP contribution in [0.4, 0.5) is 0 Å². The van der Waals surface area contributed by atoms with Gasteiger partial charge in [-0.15, -0.1) is 10.2 Å². The molecule has 0 radical (unpaired) electrons. The topological polar surface area (TPSA) is 74.4 Å². The van der Waals surface area contributed by atoms with Gasteiger partial charge in [0.1, 0.15) is 5.01 Å². The van der Waals surface area contributed by atoms with Gasteiger partial charge in [0.2, 0.25) is 11.8 Å². The van der Waals surface area contributed by atoms with Gasteiger partial charge in [-0.2, -0.15) is 9.61 Å². The minimum atomic E-state index is 0.259. The third-order valence-corrected chi connectivity index (χ3v) is 4.48. The Morgan fingerprint density at radius 3 is 2.91 bits per heavy atom. The lowest BCUT2D eigenvalue weighted by atomic mass is 10.2. The molecule has 0 unspecified atom stereocenters. The van der Waals surface area contributed by atoms with E-state index >= 15 is 0 Å². The largest absolute Gasteiger partial charge is 0.454 e. The summed E-state index contributed by atoms with van der Waals surface area (Å²) in [6, 6.07) is 9.58. The third kappa shape index (κ3) is 1.95. The fraction of sp³-hybridized carbons (Fsp3) is 0.0667. The second kappa shape index (κ2) is 4.75. The van der Waals surface area contributed by atoms with Crippen molar-refractivity contribution in [2.45, 2.75) is 0 Å². The molecule has 0 saturated carbocycles. The molecule has 0 atom stereocenters. The quantitative estimate of drug-likeness (QED) is 0.564. The van der Waals surface area contributed by atoms with Crippen LogP contribution in [-0.4, -0.2) is 31.6 Å². The van der Waals surface area contributed by atoms with Crippen LogP contribution in [0.5, 0.6) is 11.5 Å². The maximum absolute atomic E-state index is 5.42. The monoisotopic (exact) mass is 323 g/mol. The maximum Gasteiger partial charge on any atom is 0.235 e. The second-order valence-electron chi connectivity index (χ2n) is 4.93. The van der Waals surface area contributed by atoms with Crippen molar-refractivity contribution >= 4 is 16.3 Å². The summed E-state index contributed by atoms with van der Waals surface area (Å²) in [5, 5.41) is 13.9. The lowest BCUT2D eigenvalue weighted by molar-refractivity contribution is 0.174. The summed E-state index contributed by atoms with van der Waals surface area (Å²) in [5.41, 5.74) is 1.84. The normalized spacial score (nSPS) is 12.9. The number of aromatic nitrogens is 5. The third-order valence-electron chi connectivity index (χ3n) is 3.53. The standard InChI is InChI=1S/C15H9N5O2S/c1-2-10(7-16-5-1)13-17-18-15-20(13)19-14(23-15)9-3-4-11-12(6-9)22-8-21-11/h1-7H,8H2. The number of benzene rings is 1. The summed E-state index contributed by atoms with van der Waals surface area (Å²) >= 11 is 1.47. The lowest BCUT2D eigenvalue weighted by Crippen LogP contribution is -1.93. The molecule has 0 saturated heterocycles. The van der Waals surface area contributed by atoms with Gasteiger partial charge >= 0.3 is 0 Å². The Morgan fingerprint density at radius 1 is 1.04 bits per heavy atom. The predicted octanol–water partition coefficient (Wildman–Crippen LogP) is 2.64. The van der Waals surface area contributed by atoms with E-state index in [1.54, 1.807) is 16.9 Å². The molecule has 0 bridgehead atoms. The van der Waals surface area contributed by atoms with E-state index in [0.717, 1.165) is 32.6 Å². The minimum Gasteiger partial charge on any atom is -0.454 e. The molecule has 3 aromatic heterocycles. The van der Waals surface area contributed by atoms with E-state index in [1.165, 1.54) is 11.3 Å². The molecule has 8 heteroatoms. The Bertz CT molecular complexity index is 1010. The zero-order valence-electron chi connectivity index (χ0n) is 11.7. The van der Waals surface area contributed by atoms with E-state index in [9.17, 15) is 0 Å². The lowest BCUT2D eigenvalue weighted by Gasteiger charge is -1.99. The van der Waals surface area contributed by atoms with Crippen molar-refractivity contribution in [3.63, 3.8) is 0 Å². The van der Waals surface area contributed by atoms with Gasteiger partial charge in [0.25, 0.3) is 0 Å². The molecule has 0 amide bonds. The molecule has 0 N–H and O–H groups in total. The van der Waals surface area contributed by atoms with Crippen LogP contribution in [0, 0.1) is 0 Å². The molecule has 1 aliphatic heterocycles. The van der Waals surface area contributed by atoms with Crippen LogP contribution in [0.2, 0.25) is 0 Å². The molecule has 0 fully saturated rings. The maximum atomic E-state index is 5.42. The molecule has 1 aliphatic rings. The van der Waals surface area contributed by atoms with Crippen LogP contribution in [0.15, 0.2) is 42.7 Å². The minimum absolute atomic E-state index is 0.259. The number of rotatable bonds is 2. The Labute approximate surface area is 134 Å². The number of ether oxygens (including phenoxy) is 2. The van der Waals surface area contributed by atoms with Gasteiger partial charge in [0, 0.05) is 23.5 Å². The average molecular weight is 323 g/mol. The van der Waals surface area contributed by atoms with Gasteiger partial charge in [-0.1, -0.05) is 11.3 Å². The highest BCUT2D eigenvalue weighted by Gasteiger charge is 2.18. The van der Waals surface area contributed by atoms with Gasteiger partial charge in [-0.05, 0) is 30.3 Å². The highest BCUT2D eigenvalue weighted by Crippen LogP contribution is 2.37. The Morgan fingerprint density at radius 2 is 2.00 bits per heavy atom. The smallest absolute Gasteiger partial charge is 0.235 e. The van der Waals surface area contributed by atoms with E-state index in [2.05, 4.69) is 20.3 Å². The van der Waals surface area contributed by atoms with Gasteiger partial charge in [-0.3, -0.25) is 4.98 Å².